The molecule has 0 bridgehead atoms. The number of esters is 1. The van der Waals surface area contributed by atoms with E-state index in [4.69, 9.17) is 9.47 Å². The Morgan fingerprint density at radius 1 is 0.897 bits per heavy atom. The standard InChI is InChI=1S/C23H44O6/c1-2-3-4-5-6-7-8-9-10-11-12-13-14-15-16-21(26)28-18-20(25)23-22(27)19(24)17-29-23/h19-20,22-25,27H,2-18H2,1H3/t19-,20-,22-,23-/m1/s1. The SMILES string of the molecule is CCCCCCCCCCCCCCCCC(=O)OC[C@@H](O)[C@H]1OC[C@@H](O)[C@H]1O. The lowest BCUT2D eigenvalue weighted by Crippen LogP contribution is -2.41. The molecule has 3 N–H and O–H groups in total. The Balaban J connectivity index is 1.84. The van der Waals surface area contributed by atoms with E-state index in [2.05, 4.69) is 6.92 Å². The monoisotopic (exact) mass is 416 g/mol. The minimum atomic E-state index is -1.14. The van der Waals surface area contributed by atoms with Gasteiger partial charge in [0.2, 0.25) is 0 Å². The van der Waals surface area contributed by atoms with Gasteiger partial charge in [0.15, 0.2) is 0 Å². The predicted molar refractivity (Wildman–Crippen MR) is 114 cm³/mol. The Morgan fingerprint density at radius 2 is 1.38 bits per heavy atom. The number of rotatable bonds is 18. The summed E-state index contributed by atoms with van der Waals surface area (Å²) in [6, 6.07) is 0. The van der Waals surface area contributed by atoms with Crippen molar-refractivity contribution in [3.8, 4) is 0 Å². The lowest BCUT2D eigenvalue weighted by atomic mass is 10.0. The summed E-state index contributed by atoms with van der Waals surface area (Å²) in [5.74, 6) is -0.337. The van der Waals surface area contributed by atoms with Gasteiger partial charge in [-0.15, -0.1) is 0 Å². The third kappa shape index (κ3) is 12.6. The van der Waals surface area contributed by atoms with Crippen molar-refractivity contribution in [1.82, 2.24) is 0 Å². The van der Waals surface area contributed by atoms with Crippen LogP contribution in [0.5, 0.6) is 0 Å². The Kier molecular flexibility index (Phi) is 15.5. The second-order valence-corrected chi connectivity index (χ2v) is 8.45. The first-order valence-electron chi connectivity index (χ1n) is 11.9. The molecule has 6 nitrogen and oxygen atoms in total. The van der Waals surface area contributed by atoms with E-state index in [0.717, 1.165) is 19.3 Å². The molecule has 1 aliphatic rings. The normalized spacial score (nSPS) is 22.7. The van der Waals surface area contributed by atoms with E-state index in [9.17, 15) is 20.1 Å². The van der Waals surface area contributed by atoms with E-state index >= 15 is 0 Å². The first-order valence-corrected chi connectivity index (χ1v) is 11.9. The molecule has 0 aromatic rings. The molecule has 172 valence electrons. The van der Waals surface area contributed by atoms with Gasteiger partial charge in [-0.05, 0) is 6.42 Å². The molecule has 0 unspecified atom stereocenters. The topological polar surface area (TPSA) is 96.2 Å². The van der Waals surface area contributed by atoms with Crippen LogP contribution in [0.15, 0.2) is 0 Å². The molecule has 6 heteroatoms. The summed E-state index contributed by atoms with van der Waals surface area (Å²) in [6.07, 6.45) is 13.9. The Hall–Kier alpha value is -0.690. The van der Waals surface area contributed by atoms with Gasteiger partial charge in [0, 0.05) is 6.42 Å². The fourth-order valence-electron chi connectivity index (χ4n) is 3.77. The van der Waals surface area contributed by atoms with Crippen LogP contribution in [0, 0.1) is 0 Å². The van der Waals surface area contributed by atoms with E-state index in [1.807, 2.05) is 0 Å². The van der Waals surface area contributed by atoms with Crippen LogP contribution in [0.1, 0.15) is 103 Å². The zero-order valence-corrected chi connectivity index (χ0v) is 18.4. The Bertz CT molecular complexity index is 403. The van der Waals surface area contributed by atoms with Crippen molar-refractivity contribution in [1.29, 1.82) is 0 Å². The third-order valence-corrected chi connectivity index (χ3v) is 5.72. The maximum atomic E-state index is 11.7. The molecule has 0 spiro atoms. The number of unbranched alkanes of at least 4 members (excludes halogenated alkanes) is 13. The van der Waals surface area contributed by atoms with Crippen LogP contribution in [0.4, 0.5) is 0 Å². The smallest absolute Gasteiger partial charge is 0.305 e. The number of carbonyl (C=O) groups is 1. The molecule has 1 heterocycles. The van der Waals surface area contributed by atoms with Gasteiger partial charge in [0.05, 0.1) is 6.61 Å². The van der Waals surface area contributed by atoms with Gasteiger partial charge in [-0.3, -0.25) is 4.79 Å². The summed E-state index contributed by atoms with van der Waals surface area (Å²) in [6.45, 7) is 2.02. The molecular formula is C23H44O6. The van der Waals surface area contributed by atoms with Crippen molar-refractivity contribution in [2.24, 2.45) is 0 Å². The maximum Gasteiger partial charge on any atom is 0.305 e. The fourth-order valence-corrected chi connectivity index (χ4v) is 3.77. The largest absolute Gasteiger partial charge is 0.463 e. The maximum absolute atomic E-state index is 11.7. The molecule has 29 heavy (non-hydrogen) atoms. The molecule has 1 rings (SSSR count). The van der Waals surface area contributed by atoms with Crippen LogP contribution in [0.2, 0.25) is 0 Å². The van der Waals surface area contributed by atoms with E-state index in [1.54, 1.807) is 0 Å². The average molecular weight is 417 g/mol. The summed E-state index contributed by atoms with van der Waals surface area (Å²) < 4.78 is 10.2. The molecule has 1 aliphatic heterocycles. The van der Waals surface area contributed by atoms with Gasteiger partial charge in [-0.1, -0.05) is 90.4 Å². The number of aliphatic hydroxyl groups is 3. The molecule has 0 saturated carbocycles. The summed E-state index contributed by atoms with van der Waals surface area (Å²) in [5.41, 5.74) is 0. The highest BCUT2D eigenvalue weighted by Crippen LogP contribution is 2.18. The van der Waals surface area contributed by atoms with Gasteiger partial charge in [0.1, 0.15) is 31.0 Å². The van der Waals surface area contributed by atoms with E-state index in [1.165, 1.54) is 70.6 Å². The summed E-state index contributed by atoms with van der Waals surface area (Å²) in [4.78, 5) is 11.7. The lowest BCUT2D eigenvalue weighted by molar-refractivity contribution is -0.151. The second kappa shape index (κ2) is 17.0. The van der Waals surface area contributed by atoms with Gasteiger partial charge >= 0.3 is 5.97 Å². The molecule has 1 fully saturated rings. The van der Waals surface area contributed by atoms with Crippen LogP contribution in [-0.4, -0.2) is 58.9 Å². The molecular weight excluding hydrogens is 372 g/mol. The molecule has 0 aromatic carbocycles. The van der Waals surface area contributed by atoms with Crippen molar-refractivity contribution in [2.75, 3.05) is 13.2 Å². The minimum absolute atomic E-state index is 0.0180. The summed E-state index contributed by atoms with van der Waals surface area (Å²) in [7, 11) is 0. The van der Waals surface area contributed by atoms with Crippen LogP contribution in [0.25, 0.3) is 0 Å². The number of aliphatic hydroxyl groups excluding tert-OH is 3. The molecule has 0 radical (unpaired) electrons. The van der Waals surface area contributed by atoms with Gasteiger partial charge < -0.3 is 24.8 Å². The van der Waals surface area contributed by atoms with Crippen molar-refractivity contribution in [3.63, 3.8) is 0 Å². The minimum Gasteiger partial charge on any atom is -0.463 e. The first kappa shape index (κ1) is 26.3. The highest BCUT2D eigenvalue weighted by molar-refractivity contribution is 5.69. The first-order chi connectivity index (χ1) is 14.1. The number of hydrogen-bond donors (Lipinski definition) is 3. The molecule has 1 saturated heterocycles. The second-order valence-electron chi connectivity index (χ2n) is 8.45. The zero-order valence-electron chi connectivity index (χ0n) is 18.4. The van der Waals surface area contributed by atoms with Crippen molar-refractivity contribution in [2.45, 2.75) is 128 Å². The van der Waals surface area contributed by atoms with Gasteiger partial charge in [0.25, 0.3) is 0 Å². The summed E-state index contributed by atoms with van der Waals surface area (Å²) in [5, 5.41) is 29.0. The molecule has 4 atom stereocenters. The molecule has 0 amide bonds. The Labute approximate surface area is 177 Å². The van der Waals surface area contributed by atoms with E-state index < -0.39 is 24.4 Å². The van der Waals surface area contributed by atoms with Crippen LogP contribution < -0.4 is 0 Å². The highest BCUT2D eigenvalue weighted by atomic mass is 16.6. The number of hydrogen-bond acceptors (Lipinski definition) is 6. The third-order valence-electron chi connectivity index (χ3n) is 5.72. The van der Waals surface area contributed by atoms with Crippen LogP contribution >= 0.6 is 0 Å². The molecule has 0 aliphatic carbocycles. The van der Waals surface area contributed by atoms with Crippen LogP contribution in [0.3, 0.4) is 0 Å². The van der Waals surface area contributed by atoms with Crippen molar-refractivity contribution < 1.29 is 29.6 Å². The van der Waals surface area contributed by atoms with Gasteiger partial charge in [-0.25, -0.2) is 0 Å². The fraction of sp³-hybridized carbons (Fsp3) is 0.957. The van der Waals surface area contributed by atoms with E-state index in [-0.39, 0.29) is 19.2 Å². The highest BCUT2D eigenvalue weighted by Gasteiger charge is 2.39. The quantitative estimate of drug-likeness (QED) is 0.232. The lowest BCUT2D eigenvalue weighted by Gasteiger charge is -2.20. The van der Waals surface area contributed by atoms with Crippen molar-refractivity contribution in [3.05, 3.63) is 0 Å². The average Bonchev–Trinajstić information content (AvgIpc) is 3.05. The summed E-state index contributed by atoms with van der Waals surface area (Å²) >= 11 is 0. The zero-order chi connectivity index (χ0) is 21.3. The predicted octanol–water partition coefficient (Wildman–Crippen LogP) is 3.88. The Morgan fingerprint density at radius 3 is 1.83 bits per heavy atom. The van der Waals surface area contributed by atoms with Gasteiger partial charge in [-0.2, -0.15) is 0 Å². The number of ether oxygens (including phenoxy) is 2. The number of carbonyl (C=O) groups excluding carboxylic acids is 1. The molecule has 0 aromatic heterocycles. The van der Waals surface area contributed by atoms with Crippen LogP contribution in [-0.2, 0) is 14.3 Å². The van der Waals surface area contributed by atoms with Crippen molar-refractivity contribution >= 4 is 5.97 Å². The van der Waals surface area contributed by atoms with E-state index in [0.29, 0.717) is 6.42 Å².